The third kappa shape index (κ3) is 10.2. The Morgan fingerprint density at radius 3 is 1.94 bits per heavy atom. The summed E-state index contributed by atoms with van der Waals surface area (Å²) in [7, 11) is 0. The number of amides is 2. The van der Waals surface area contributed by atoms with Crippen LogP contribution in [0.1, 0.15) is 81.6 Å². The van der Waals surface area contributed by atoms with E-state index in [4.69, 9.17) is 14.2 Å². The third-order valence-electron chi connectivity index (χ3n) is 4.94. The van der Waals surface area contributed by atoms with Crippen LogP contribution in [0.4, 0.5) is 9.59 Å². The van der Waals surface area contributed by atoms with Gasteiger partial charge >= 0.3 is 18.2 Å². The zero-order valence-corrected chi connectivity index (χ0v) is 22.4. The van der Waals surface area contributed by atoms with Crippen molar-refractivity contribution in [3.8, 4) is 0 Å². The molecule has 2 amide bonds. The molecule has 2 unspecified atom stereocenters. The summed E-state index contributed by atoms with van der Waals surface area (Å²) < 4.78 is 16.5. The van der Waals surface area contributed by atoms with Gasteiger partial charge < -0.3 is 19.5 Å². The van der Waals surface area contributed by atoms with E-state index in [9.17, 15) is 14.4 Å². The topological polar surface area (TPSA) is 94.2 Å². The Morgan fingerprint density at radius 1 is 0.941 bits per heavy atom. The summed E-state index contributed by atoms with van der Waals surface area (Å²) in [6, 6.07) is -1.08. The van der Waals surface area contributed by atoms with Crippen molar-refractivity contribution in [1.29, 1.82) is 0 Å². The van der Waals surface area contributed by atoms with Crippen LogP contribution in [-0.4, -0.2) is 58.5 Å². The highest BCUT2D eigenvalue weighted by Gasteiger charge is 2.48. The van der Waals surface area contributed by atoms with Gasteiger partial charge in [0.2, 0.25) is 0 Å². The van der Waals surface area contributed by atoms with E-state index in [0.29, 0.717) is 19.3 Å². The van der Waals surface area contributed by atoms with Crippen LogP contribution in [0.2, 0.25) is 0 Å². The lowest BCUT2D eigenvalue weighted by Crippen LogP contribution is -2.49. The molecule has 1 heterocycles. The Kier molecular flexibility index (Phi) is 9.79. The van der Waals surface area contributed by atoms with Crippen LogP contribution in [0.3, 0.4) is 0 Å². The molecular weight excluding hydrogens is 436 g/mol. The number of carbonyl (C=O) groups excluding carboxylic acids is 3. The Morgan fingerprint density at radius 2 is 1.47 bits per heavy atom. The van der Waals surface area contributed by atoms with Crippen molar-refractivity contribution >= 4 is 18.2 Å². The molecule has 0 spiro atoms. The minimum absolute atomic E-state index is 0.114. The van der Waals surface area contributed by atoms with Gasteiger partial charge in [-0.15, -0.1) is 6.58 Å². The van der Waals surface area contributed by atoms with Crippen molar-refractivity contribution in [3.63, 3.8) is 0 Å². The minimum Gasteiger partial charge on any atom is -0.458 e. The number of ether oxygens (including phenoxy) is 3. The Balaban J connectivity index is 2.97. The number of carbonyl (C=O) groups is 3. The SMILES string of the molecule is C=C[C@@H]1CC(C(=O)OC(C)(C)C)N(C(=O)OC(C)(C)C)C1CCC(=C)CNC(=O)OC(C)(C)C. The number of likely N-dealkylation sites (tertiary alicyclic amines) is 1. The van der Waals surface area contributed by atoms with Gasteiger partial charge in [-0.05, 0) is 87.5 Å². The van der Waals surface area contributed by atoms with Crippen LogP contribution < -0.4 is 5.32 Å². The maximum atomic E-state index is 13.2. The second-order valence-electron chi connectivity index (χ2n) is 11.8. The van der Waals surface area contributed by atoms with E-state index >= 15 is 0 Å². The maximum Gasteiger partial charge on any atom is 0.411 e. The predicted molar refractivity (Wildman–Crippen MR) is 132 cm³/mol. The van der Waals surface area contributed by atoms with Crippen molar-refractivity contribution < 1.29 is 28.6 Å². The summed E-state index contributed by atoms with van der Waals surface area (Å²) in [5.74, 6) is -0.574. The van der Waals surface area contributed by atoms with E-state index in [1.807, 2.05) is 0 Å². The highest BCUT2D eigenvalue weighted by Crippen LogP contribution is 2.36. The smallest absolute Gasteiger partial charge is 0.411 e. The minimum atomic E-state index is -0.768. The summed E-state index contributed by atoms with van der Waals surface area (Å²) in [6.45, 7) is 24.3. The van der Waals surface area contributed by atoms with Gasteiger partial charge in [0.15, 0.2) is 0 Å². The molecule has 34 heavy (non-hydrogen) atoms. The van der Waals surface area contributed by atoms with Crippen LogP contribution in [-0.2, 0) is 19.0 Å². The largest absolute Gasteiger partial charge is 0.458 e. The fourth-order valence-electron chi connectivity index (χ4n) is 3.68. The molecule has 8 heteroatoms. The summed E-state index contributed by atoms with van der Waals surface area (Å²) in [4.78, 5) is 39.6. The lowest BCUT2D eigenvalue weighted by atomic mass is 9.94. The molecule has 1 N–H and O–H groups in total. The molecule has 1 saturated heterocycles. The lowest BCUT2D eigenvalue weighted by molar-refractivity contribution is -0.160. The molecule has 8 nitrogen and oxygen atoms in total. The van der Waals surface area contributed by atoms with Crippen LogP contribution in [0, 0.1) is 5.92 Å². The number of nitrogens with zero attached hydrogens (tertiary/aromatic N) is 1. The lowest BCUT2D eigenvalue weighted by Gasteiger charge is -2.33. The van der Waals surface area contributed by atoms with Crippen molar-refractivity contribution in [2.75, 3.05) is 6.54 Å². The molecule has 0 aromatic carbocycles. The second-order valence-corrected chi connectivity index (χ2v) is 11.8. The van der Waals surface area contributed by atoms with E-state index in [0.717, 1.165) is 5.57 Å². The first-order valence-corrected chi connectivity index (χ1v) is 11.8. The van der Waals surface area contributed by atoms with Gasteiger partial charge in [0.05, 0.1) is 0 Å². The predicted octanol–water partition coefficient (Wildman–Crippen LogP) is 5.37. The highest BCUT2D eigenvalue weighted by molar-refractivity contribution is 5.83. The molecule has 3 atom stereocenters. The monoisotopic (exact) mass is 480 g/mol. The van der Waals surface area contributed by atoms with E-state index in [2.05, 4.69) is 18.5 Å². The molecule has 0 bridgehead atoms. The van der Waals surface area contributed by atoms with Crippen LogP contribution in [0.25, 0.3) is 0 Å². The standard InChI is InChI=1S/C26H44N2O6/c1-12-18-15-20(21(29)32-24(3,4)5)28(23(31)34-26(9,10)11)19(18)14-13-17(2)16-27-22(30)33-25(6,7)8/h12,18-20H,1-2,13-16H2,3-11H3,(H,27,30)/t18-,19?,20?/m1/s1. The number of esters is 1. The van der Waals surface area contributed by atoms with Crippen molar-refractivity contribution in [3.05, 3.63) is 24.8 Å². The summed E-state index contributed by atoms with van der Waals surface area (Å²) in [6.07, 6.45) is 2.17. The average Bonchev–Trinajstić information content (AvgIpc) is 2.99. The third-order valence-corrected chi connectivity index (χ3v) is 4.94. The molecule has 0 radical (unpaired) electrons. The molecule has 0 saturated carbocycles. The molecule has 1 fully saturated rings. The summed E-state index contributed by atoms with van der Waals surface area (Å²) in [5.41, 5.74) is -1.21. The summed E-state index contributed by atoms with van der Waals surface area (Å²) in [5, 5.41) is 2.70. The number of hydrogen-bond donors (Lipinski definition) is 1. The molecular formula is C26H44N2O6. The number of rotatable bonds is 7. The van der Waals surface area contributed by atoms with Gasteiger partial charge in [-0.3, -0.25) is 4.90 Å². The molecule has 194 valence electrons. The van der Waals surface area contributed by atoms with Gasteiger partial charge in [-0.2, -0.15) is 0 Å². The first kappa shape index (κ1) is 29.5. The molecule has 0 aromatic heterocycles. The zero-order chi connectivity index (χ0) is 26.5. The Hall–Kier alpha value is -2.51. The van der Waals surface area contributed by atoms with Crippen molar-refractivity contribution in [2.24, 2.45) is 5.92 Å². The van der Waals surface area contributed by atoms with Crippen LogP contribution in [0.15, 0.2) is 24.8 Å². The molecule has 1 aliphatic heterocycles. The van der Waals surface area contributed by atoms with E-state index in [-0.39, 0.29) is 18.5 Å². The van der Waals surface area contributed by atoms with Gasteiger partial charge in [0.25, 0.3) is 0 Å². The quantitative estimate of drug-likeness (QED) is 0.299. The number of alkyl carbamates (subject to hydrolysis) is 1. The normalized spacial score (nSPS) is 21.0. The van der Waals surface area contributed by atoms with Gasteiger partial charge in [0, 0.05) is 12.6 Å². The fraction of sp³-hybridized carbons (Fsp3) is 0.731. The van der Waals surface area contributed by atoms with E-state index in [1.165, 1.54) is 4.90 Å². The Labute approximate surface area is 205 Å². The zero-order valence-electron chi connectivity index (χ0n) is 22.4. The van der Waals surface area contributed by atoms with Crippen molar-refractivity contribution in [2.45, 2.75) is 110 Å². The van der Waals surface area contributed by atoms with Crippen molar-refractivity contribution in [1.82, 2.24) is 10.2 Å². The Bertz CT molecular complexity index is 770. The highest BCUT2D eigenvalue weighted by atomic mass is 16.6. The first-order valence-electron chi connectivity index (χ1n) is 11.8. The fourth-order valence-corrected chi connectivity index (χ4v) is 3.68. The second kappa shape index (κ2) is 11.3. The average molecular weight is 481 g/mol. The van der Waals surface area contributed by atoms with Gasteiger partial charge in [-0.1, -0.05) is 18.2 Å². The first-order chi connectivity index (χ1) is 15.3. The number of nitrogens with one attached hydrogen (secondary N) is 1. The molecule has 0 aliphatic carbocycles. The molecule has 0 aromatic rings. The van der Waals surface area contributed by atoms with Gasteiger partial charge in [-0.25, -0.2) is 14.4 Å². The molecule has 1 aliphatic rings. The summed E-state index contributed by atoms with van der Waals surface area (Å²) >= 11 is 0. The van der Waals surface area contributed by atoms with E-state index < -0.39 is 41.0 Å². The van der Waals surface area contributed by atoms with Crippen LogP contribution >= 0.6 is 0 Å². The van der Waals surface area contributed by atoms with Crippen LogP contribution in [0.5, 0.6) is 0 Å². The van der Waals surface area contributed by atoms with E-state index in [1.54, 1.807) is 68.4 Å². The number of hydrogen-bond acceptors (Lipinski definition) is 6. The maximum absolute atomic E-state index is 13.2. The molecule has 1 rings (SSSR count). The van der Waals surface area contributed by atoms with Gasteiger partial charge in [0.1, 0.15) is 22.8 Å².